The zero-order chi connectivity index (χ0) is 12.3. The summed E-state index contributed by atoms with van der Waals surface area (Å²) in [6.45, 7) is 2.17. The van der Waals surface area contributed by atoms with E-state index < -0.39 is 0 Å². The molecule has 0 atom stereocenters. The first kappa shape index (κ1) is 11.3. The van der Waals surface area contributed by atoms with E-state index in [0.29, 0.717) is 11.4 Å². The summed E-state index contributed by atoms with van der Waals surface area (Å²) >= 11 is 0. The minimum absolute atomic E-state index is 0.244. The van der Waals surface area contributed by atoms with Gasteiger partial charge in [0.2, 0.25) is 0 Å². The molecular weight excluding hydrogens is 218 g/mol. The zero-order valence-corrected chi connectivity index (χ0v) is 9.43. The standard InChI is InChI=1S/C12H13N3O2/c1-8-4-5-14-7-10(8)15-12(16)11-3-2-9(6-13)17-11/h2-5,7H,6,13H2,1H3,(H,15,16). The number of rotatable bonds is 3. The van der Waals surface area contributed by atoms with Crippen LogP contribution in [0.15, 0.2) is 35.0 Å². The van der Waals surface area contributed by atoms with Gasteiger partial charge in [0.15, 0.2) is 5.76 Å². The van der Waals surface area contributed by atoms with Crippen molar-refractivity contribution in [2.24, 2.45) is 5.73 Å². The summed E-state index contributed by atoms with van der Waals surface area (Å²) in [4.78, 5) is 15.8. The smallest absolute Gasteiger partial charge is 0.291 e. The third-order valence-electron chi connectivity index (χ3n) is 2.37. The normalized spacial score (nSPS) is 10.2. The molecule has 0 unspecified atom stereocenters. The van der Waals surface area contributed by atoms with Crippen molar-refractivity contribution in [1.29, 1.82) is 0 Å². The number of carbonyl (C=O) groups is 1. The van der Waals surface area contributed by atoms with Gasteiger partial charge >= 0.3 is 0 Å². The van der Waals surface area contributed by atoms with E-state index >= 15 is 0 Å². The van der Waals surface area contributed by atoms with Gasteiger partial charge in [-0.1, -0.05) is 0 Å². The lowest BCUT2D eigenvalue weighted by Gasteiger charge is -2.05. The quantitative estimate of drug-likeness (QED) is 0.842. The maximum Gasteiger partial charge on any atom is 0.291 e. The molecule has 0 aliphatic rings. The second-order valence-corrected chi connectivity index (χ2v) is 3.61. The SMILES string of the molecule is Cc1ccncc1NC(=O)c1ccc(CN)o1. The van der Waals surface area contributed by atoms with Crippen LogP contribution in [0.2, 0.25) is 0 Å². The van der Waals surface area contributed by atoms with Gasteiger partial charge in [-0.15, -0.1) is 0 Å². The topological polar surface area (TPSA) is 81.2 Å². The van der Waals surface area contributed by atoms with Crippen LogP contribution in [0, 0.1) is 6.92 Å². The fourth-order valence-corrected chi connectivity index (χ4v) is 1.39. The van der Waals surface area contributed by atoms with E-state index in [0.717, 1.165) is 5.56 Å². The number of amides is 1. The Morgan fingerprint density at radius 1 is 1.47 bits per heavy atom. The summed E-state index contributed by atoms with van der Waals surface area (Å²) in [5, 5.41) is 2.73. The second-order valence-electron chi connectivity index (χ2n) is 3.61. The third kappa shape index (κ3) is 2.51. The molecule has 88 valence electrons. The van der Waals surface area contributed by atoms with Crippen molar-refractivity contribution in [3.05, 3.63) is 47.7 Å². The van der Waals surface area contributed by atoms with Crippen LogP contribution in [0.1, 0.15) is 21.9 Å². The Hall–Kier alpha value is -2.14. The number of nitrogens with two attached hydrogens (primary N) is 1. The van der Waals surface area contributed by atoms with Crippen LogP contribution in [0.4, 0.5) is 5.69 Å². The van der Waals surface area contributed by atoms with Gasteiger partial charge in [-0.05, 0) is 30.7 Å². The molecule has 0 radical (unpaired) electrons. The number of aromatic nitrogens is 1. The van der Waals surface area contributed by atoms with E-state index in [4.69, 9.17) is 10.2 Å². The van der Waals surface area contributed by atoms with Crippen molar-refractivity contribution >= 4 is 11.6 Å². The fourth-order valence-electron chi connectivity index (χ4n) is 1.39. The molecule has 5 heteroatoms. The van der Waals surface area contributed by atoms with E-state index in [9.17, 15) is 4.79 Å². The Bertz CT molecular complexity index is 534. The van der Waals surface area contributed by atoms with Gasteiger partial charge < -0.3 is 15.5 Å². The Balaban J connectivity index is 2.14. The lowest BCUT2D eigenvalue weighted by atomic mass is 10.2. The van der Waals surface area contributed by atoms with Crippen LogP contribution in [0.5, 0.6) is 0 Å². The molecule has 17 heavy (non-hydrogen) atoms. The first-order valence-corrected chi connectivity index (χ1v) is 5.21. The summed E-state index contributed by atoms with van der Waals surface area (Å²) in [7, 11) is 0. The van der Waals surface area contributed by atoms with Crippen molar-refractivity contribution in [2.75, 3.05) is 5.32 Å². The number of hydrogen-bond acceptors (Lipinski definition) is 4. The summed E-state index contributed by atoms with van der Waals surface area (Å²) in [6, 6.07) is 5.11. The molecular formula is C12H13N3O2. The van der Waals surface area contributed by atoms with Crippen molar-refractivity contribution in [2.45, 2.75) is 13.5 Å². The number of aryl methyl sites for hydroxylation is 1. The van der Waals surface area contributed by atoms with E-state index in [1.807, 2.05) is 13.0 Å². The van der Waals surface area contributed by atoms with Gasteiger partial charge in [-0.2, -0.15) is 0 Å². The fraction of sp³-hybridized carbons (Fsp3) is 0.167. The van der Waals surface area contributed by atoms with Gasteiger partial charge in [0.05, 0.1) is 18.4 Å². The molecule has 0 aromatic carbocycles. The van der Waals surface area contributed by atoms with Gasteiger partial charge in [0.25, 0.3) is 5.91 Å². The van der Waals surface area contributed by atoms with Crippen LogP contribution >= 0.6 is 0 Å². The average molecular weight is 231 g/mol. The Kier molecular flexibility index (Phi) is 3.20. The highest BCUT2D eigenvalue weighted by atomic mass is 16.4. The molecule has 5 nitrogen and oxygen atoms in total. The first-order valence-electron chi connectivity index (χ1n) is 5.21. The van der Waals surface area contributed by atoms with Crippen molar-refractivity contribution < 1.29 is 9.21 Å². The van der Waals surface area contributed by atoms with Gasteiger partial charge in [0.1, 0.15) is 5.76 Å². The average Bonchev–Trinajstić information content (AvgIpc) is 2.81. The van der Waals surface area contributed by atoms with E-state index in [1.165, 1.54) is 0 Å². The monoisotopic (exact) mass is 231 g/mol. The summed E-state index contributed by atoms with van der Waals surface area (Å²) in [5.74, 6) is 0.521. The molecule has 0 saturated carbocycles. The predicted molar refractivity (Wildman–Crippen MR) is 63.5 cm³/mol. The largest absolute Gasteiger partial charge is 0.455 e. The Morgan fingerprint density at radius 3 is 2.94 bits per heavy atom. The Morgan fingerprint density at radius 2 is 2.29 bits per heavy atom. The van der Waals surface area contributed by atoms with E-state index in [-0.39, 0.29) is 18.2 Å². The maximum absolute atomic E-state index is 11.8. The van der Waals surface area contributed by atoms with Crippen LogP contribution in [0.3, 0.4) is 0 Å². The molecule has 2 aromatic heterocycles. The minimum Gasteiger partial charge on any atom is -0.455 e. The van der Waals surface area contributed by atoms with Crippen LogP contribution in [-0.4, -0.2) is 10.9 Å². The van der Waals surface area contributed by atoms with Crippen LogP contribution in [-0.2, 0) is 6.54 Å². The molecule has 3 N–H and O–H groups in total. The molecule has 0 bridgehead atoms. The van der Waals surface area contributed by atoms with Crippen molar-refractivity contribution in [1.82, 2.24) is 4.98 Å². The number of anilines is 1. The van der Waals surface area contributed by atoms with Crippen molar-refractivity contribution in [3.8, 4) is 0 Å². The minimum atomic E-state index is -0.305. The number of carbonyl (C=O) groups excluding carboxylic acids is 1. The van der Waals surface area contributed by atoms with Crippen LogP contribution in [0.25, 0.3) is 0 Å². The van der Waals surface area contributed by atoms with Gasteiger partial charge in [-0.3, -0.25) is 9.78 Å². The Labute approximate surface area is 98.6 Å². The number of pyridine rings is 1. The summed E-state index contributed by atoms with van der Waals surface area (Å²) in [5.41, 5.74) is 7.02. The second kappa shape index (κ2) is 4.80. The van der Waals surface area contributed by atoms with Crippen molar-refractivity contribution in [3.63, 3.8) is 0 Å². The predicted octanol–water partition coefficient (Wildman–Crippen LogP) is 1.69. The number of nitrogens with zero attached hydrogens (tertiary/aromatic N) is 1. The third-order valence-corrected chi connectivity index (χ3v) is 2.37. The van der Waals surface area contributed by atoms with Crippen LogP contribution < -0.4 is 11.1 Å². The highest BCUT2D eigenvalue weighted by Crippen LogP contribution is 2.14. The zero-order valence-electron chi connectivity index (χ0n) is 9.43. The van der Waals surface area contributed by atoms with E-state index in [2.05, 4.69) is 10.3 Å². The molecule has 2 aromatic rings. The molecule has 0 spiro atoms. The number of furan rings is 1. The summed E-state index contributed by atoms with van der Waals surface area (Å²) in [6.07, 6.45) is 3.27. The van der Waals surface area contributed by atoms with Gasteiger partial charge in [0, 0.05) is 6.20 Å². The molecule has 2 heterocycles. The number of nitrogens with one attached hydrogen (secondary N) is 1. The summed E-state index contributed by atoms with van der Waals surface area (Å²) < 4.78 is 5.25. The highest BCUT2D eigenvalue weighted by Gasteiger charge is 2.11. The molecule has 1 amide bonds. The lowest BCUT2D eigenvalue weighted by Crippen LogP contribution is -2.12. The molecule has 0 fully saturated rings. The molecule has 2 rings (SSSR count). The molecule has 0 saturated heterocycles. The first-order chi connectivity index (χ1) is 8.20. The molecule has 0 aliphatic heterocycles. The van der Waals surface area contributed by atoms with Gasteiger partial charge in [-0.25, -0.2) is 0 Å². The molecule has 0 aliphatic carbocycles. The highest BCUT2D eigenvalue weighted by molar-refractivity contribution is 6.02. The number of hydrogen-bond donors (Lipinski definition) is 2. The lowest BCUT2D eigenvalue weighted by molar-refractivity contribution is 0.0995. The maximum atomic E-state index is 11.8. The van der Waals surface area contributed by atoms with E-state index in [1.54, 1.807) is 24.5 Å².